The largest absolute Gasteiger partial charge is 0.414 e. The zero-order chi connectivity index (χ0) is 20.1. The summed E-state index contributed by atoms with van der Waals surface area (Å²) in [6, 6.07) is 10.7. The van der Waals surface area contributed by atoms with Crippen molar-refractivity contribution in [3.8, 4) is 0 Å². The highest BCUT2D eigenvalue weighted by atomic mass is 32.2. The zero-order valence-corrected chi connectivity index (χ0v) is 15.5. The van der Waals surface area contributed by atoms with Crippen molar-refractivity contribution in [1.82, 2.24) is 15.5 Å². The Morgan fingerprint density at radius 2 is 2.04 bits per heavy atom. The van der Waals surface area contributed by atoms with E-state index in [1.165, 1.54) is 43.0 Å². The van der Waals surface area contributed by atoms with E-state index >= 15 is 0 Å². The Kier molecular flexibility index (Phi) is 5.99. The molecule has 1 amide bonds. The predicted octanol–water partition coefficient (Wildman–Crippen LogP) is 3.65. The van der Waals surface area contributed by atoms with Gasteiger partial charge < -0.3 is 9.73 Å². The average Bonchev–Trinajstić information content (AvgIpc) is 3.13. The van der Waals surface area contributed by atoms with Crippen LogP contribution in [0.5, 0.6) is 0 Å². The van der Waals surface area contributed by atoms with E-state index in [4.69, 9.17) is 4.42 Å². The van der Waals surface area contributed by atoms with Crippen LogP contribution in [0.15, 0.2) is 52.1 Å². The van der Waals surface area contributed by atoms with Crippen LogP contribution in [0.3, 0.4) is 0 Å². The van der Waals surface area contributed by atoms with Gasteiger partial charge in [-0.05, 0) is 24.6 Å². The van der Waals surface area contributed by atoms with Gasteiger partial charge in [0.05, 0.1) is 11.5 Å². The molecule has 0 aliphatic rings. The van der Waals surface area contributed by atoms with Gasteiger partial charge in [-0.1, -0.05) is 36.0 Å². The maximum atomic E-state index is 13.6. The number of carbonyl (C=O) groups is 1. The number of benzene rings is 2. The lowest BCUT2D eigenvalue weighted by Crippen LogP contribution is -2.24. The molecule has 144 valence electrons. The molecule has 2 aromatic carbocycles. The number of amides is 1. The van der Waals surface area contributed by atoms with E-state index in [1.807, 2.05) is 0 Å². The Hall–Kier alpha value is -3.27. The lowest BCUT2D eigenvalue weighted by atomic mass is 10.1. The van der Waals surface area contributed by atoms with E-state index in [-0.39, 0.29) is 40.3 Å². The molecule has 3 aromatic rings. The SMILES string of the molecule is Cc1c(C(=O)NCc2nnc(SCc3ccccc3F)o2)cccc1[N+](=O)[O-]. The molecule has 0 aliphatic heterocycles. The molecule has 0 aliphatic carbocycles. The first-order valence-corrected chi connectivity index (χ1v) is 9.15. The third-order valence-electron chi connectivity index (χ3n) is 3.90. The highest BCUT2D eigenvalue weighted by Crippen LogP contribution is 2.23. The van der Waals surface area contributed by atoms with Crippen molar-refractivity contribution in [2.75, 3.05) is 0 Å². The molecule has 0 atom stereocenters. The highest BCUT2D eigenvalue weighted by molar-refractivity contribution is 7.98. The van der Waals surface area contributed by atoms with Crippen LogP contribution in [-0.4, -0.2) is 21.0 Å². The molecule has 0 fully saturated rings. The molecule has 0 unspecified atom stereocenters. The minimum Gasteiger partial charge on any atom is -0.414 e. The first-order chi connectivity index (χ1) is 13.5. The summed E-state index contributed by atoms with van der Waals surface area (Å²) in [4.78, 5) is 22.7. The molecule has 1 heterocycles. The maximum Gasteiger partial charge on any atom is 0.276 e. The van der Waals surface area contributed by atoms with Gasteiger partial charge in [-0.3, -0.25) is 14.9 Å². The van der Waals surface area contributed by atoms with Crippen molar-refractivity contribution in [1.29, 1.82) is 0 Å². The summed E-state index contributed by atoms with van der Waals surface area (Å²) in [5.41, 5.74) is 0.860. The van der Waals surface area contributed by atoms with Crippen molar-refractivity contribution in [2.45, 2.75) is 24.4 Å². The Bertz CT molecular complexity index is 1020. The van der Waals surface area contributed by atoms with Crippen LogP contribution < -0.4 is 5.32 Å². The number of hydrogen-bond acceptors (Lipinski definition) is 7. The summed E-state index contributed by atoms with van der Waals surface area (Å²) < 4.78 is 19.0. The van der Waals surface area contributed by atoms with Gasteiger partial charge in [-0.2, -0.15) is 0 Å². The third kappa shape index (κ3) is 4.52. The summed E-state index contributed by atoms with van der Waals surface area (Å²) >= 11 is 1.18. The lowest BCUT2D eigenvalue weighted by Gasteiger charge is -2.06. The molecule has 0 saturated carbocycles. The number of nitrogens with one attached hydrogen (secondary N) is 1. The molecule has 0 spiro atoms. The van der Waals surface area contributed by atoms with E-state index in [2.05, 4.69) is 15.5 Å². The first kappa shape index (κ1) is 19.5. The number of nitro benzene ring substituents is 1. The standard InChI is InChI=1S/C18H15FN4O4S/c1-11-13(6-4-8-15(11)23(25)26)17(24)20-9-16-21-22-18(27-16)28-10-12-5-2-3-7-14(12)19/h2-8H,9-10H2,1H3,(H,20,24). The van der Waals surface area contributed by atoms with Crippen LogP contribution in [0, 0.1) is 22.9 Å². The quantitative estimate of drug-likeness (QED) is 0.365. The van der Waals surface area contributed by atoms with Gasteiger partial charge in [0.1, 0.15) is 5.82 Å². The van der Waals surface area contributed by atoms with E-state index in [0.717, 1.165) is 0 Å². The molecule has 10 heteroatoms. The van der Waals surface area contributed by atoms with Crippen LogP contribution in [0.1, 0.15) is 27.4 Å². The van der Waals surface area contributed by atoms with Crippen LogP contribution in [0.4, 0.5) is 10.1 Å². The van der Waals surface area contributed by atoms with Gasteiger partial charge in [-0.15, -0.1) is 10.2 Å². The Labute approximate surface area is 163 Å². The van der Waals surface area contributed by atoms with Gasteiger partial charge >= 0.3 is 0 Å². The average molecular weight is 402 g/mol. The van der Waals surface area contributed by atoms with Gasteiger partial charge in [-0.25, -0.2) is 4.39 Å². The van der Waals surface area contributed by atoms with Crippen LogP contribution >= 0.6 is 11.8 Å². The second-order valence-corrected chi connectivity index (χ2v) is 6.66. The fourth-order valence-electron chi connectivity index (χ4n) is 2.44. The second-order valence-electron chi connectivity index (χ2n) is 5.73. The molecule has 1 aromatic heterocycles. The lowest BCUT2D eigenvalue weighted by molar-refractivity contribution is -0.385. The Balaban J connectivity index is 1.59. The number of hydrogen-bond donors (Lipinski definition) is 1. The molecule has 1 N–H and O–H groups in total. The van der Waals surface area contributed by atoms with Gasteiger partial charge in [0, 0.05) is 22.9 Å². The maximum absolute atomic E-state index is 13.6. The van der Waals surface area contributed by atoms with Crippen LogP contribution in [0.25, 0.3) is 0 Å². The van der Waals surface area contributed by atoms with Crippen molar-refractivity contribution in [3.05, 3.63) is 81.0 Å². The topological polar surface area (TPSA) is 111 Å². The number of rotatable bonds is 7. The summed E-state index contributed by atoms with van der Waals surface area (Å²) in [5, 5.41) is 21.5. The fourth-order valence-corrected chi connectivity index (χ4v) is 3.21. The fraction of sp³-hybridized carbons (Fsp3) is 0.167. The smallest absolute Gasteiger partial charge is 0.276 e. The van der Waals surface area contributed by atoms with Gasteiger partial charge in [0.15, 0.2) is 0 Å². The number of carbonyl (C=O) groups excluding carboxylic acids is 1. The summed E-state index contributed by atoms with van der Waals surface area (Å²) in [7, 11) is 0. The summed E-state index contributed by atoms with van der Waals surface area (Å²) in [6.07, 6.45) is 0. The number of halogens is 1. The summed E-state index contributed by atoms with van der Waals surface area (Å²) in [5.74, 6) is -0.296. The Morgan fingerprint density at radius 1 is 1.25 bits per heavy atom. The summed E-state index contributed by atoms with van der Waals surface area (Å²) in [6.45, 7) is 1.48. The molecule has 8 nitrogen and oxygen atoms in total. The number of thioether (sulfide) groups is 1. The van der Waals surface area contributed by atoms with E-state index < -0.39 is 10.8 Å². The van der Waals surface area contributed by atoms with E-state index in [0.29, 0.717) is 11.3 Å². The first-order valence-electron chi connectivity index (χ1n) is 8.16. The molecule has 0 radical (unpaired) electrons. The van der Waals surface area contributed by atoms with Crippen molar-refractivity contribution in [2.24, 2.45) is 0 Å². The third-order valence-corrected chi connectivity index (χ3v) is 4.77. The number of nitro groups is 1. The Morgan fingerprint density at radius 3 is 2.79 bits per heavy atom. The molecule has 0 saturated heterocycles. The number of nitrogens with zero attached hydrogens (tertiary/aromatic N) is 3. The second kappa shape index (κ2) is 8.61. The zero-order valence-electron chi connectivity index (χ0n) is 14.7. The van der Waals surface area contributed by atoms with Crippen molar-refractivity contribution >= 4 is 23.4 Å². The van der Waals surface area contributed by atoms with E-state index in [9.17, 15) is 19.3 Å². The minimum atomic E-state index is -0.539. The van der Waals surface area contributed by atoms with Gasteiger partial charge in [0.25, 0.3) is 16.8 Å². The minimum absolute atomic E-state index is 0.0335. The highest BCUT2D eigenvalue weighted by Gasteiger charge is 2.18. The molecule has 28 heavy (non-hydrogen) atoms. The molecular formula is C18H15FN4O4S. The van der Waals surface area contributed by atoms with Crippen molar-refractivity contribution < 1.29 is 18.5 Å². The normalized spacial score (nSPS) is 10.6. The molecular weight excluding hydrogens is 387 g/mol. The van der Waals surface area contributed by atoms with Crippen molar-refractivity contribution in [3.63, 3.8) is 0 Å². The monoisotopic (exact) mass is 402 g/mol. The van der Waals surface area contributed by atoms with Crippen LogP contribution in [-0.2, 0) is 12.3 Å². The van der Waals surface area contributed by atoms with Crippen LogP contribution in [0.2, 0.25) is 0 Å². The van der Waals surface area contributed by atoms with Gasteiger partial charge in [0.2, 0.25) is 5.89 Å². The molecule has 3 rings (SSSR count). The number of aromatic nitrogens is 2. The predicted molar refractivity (Wildman–Crippen MR) is 99.3 cm³/mol. The van der Waals surface area contributed by atoms with E-state index in [1.54, 1.807) is 18.2 Å². The molecule has 0 bridgehead atoms.